The molecule has 0 radical (unpaired) electrons. The van der Waals surface area contributed by atoms with Gasteiger partial charge in [-0.05, 0) is 20.8 Å². The van der Waals surface area contributed by atoms with E-state index in [0.717, 1.165) is 0 Å². The van der Waals surface area contributed by atoms with Gasteiger partial charge in [0, 0.05) is 6.04 Å². The first kappa shape index (κ1) is 15.9. The van der Waals surface area contributed by atoms with Gasteiger partial charge in [0.05, 0.1) is 0 Å². The van der Waals surface area contributed by atoms with Crippen molar-refractivity contribution >= 4 is 11.9 Å². The van der Waals surface area contributed by atoms with Crippen molar-refractivity contribution in [2.75, 3.05) is 0 Å². The van der Waals surface area contributed by atoms with Gasteiger partial charge in [-0.15, -0.1) is 5.10 Å². The highest BCUT2D eigenvalue weighted by Gasteiger charge is 2.43. The first-order valence-corrected chi connectivity index (χ1v) is 5.61. The zero-order valence-electron chi connectivity index (χ0n) is 10.9. The number of carboxylic acids is 1. The Morgan fingerprint density at radius 2 is 1.85 bits per heavy atom. The van der Waals surface area contributed by atoms with E-state index in [2.05, 4.69) is 15.6 Å². The van der Waals surface area contributed by atoms with Gasteiger partial charge in [0.1, 0.15) is 6.04 Å². The standard InChI is InChI=1S/C10H13F3N4O3/c1-4(2)14-8(18)5(3)17-7(10(11,12)13)6(9(19)20)15-16-17/h4-5H,1-3H3,(H,14,18)(H,19,20). The first-order chi connectivity index (χ1) is 9.05. The fraction of sp³-hybridized carbons (Fsp3) is 0.600. The Kier molecular flexibility index (Phi) is 4.36. The van der Waals surface area contributed by atoms with Crippen molar-refractivity contribution in [3.8, 4) is 0 Å². The molecule has 20 heavy (non-hydrogen) atoms. The fourth-order valence-electron chi connectivity index (χ4n) is 1.49. The zero-order chi connectivity index (χ0) is 15.7. The Morgan fingerprint density at radius 1 is 1.30 bits per heavy atom. The molecule has 0 fully saturated rings. The van der Waals surface area contributed by atoms with Crippen molar-refractivity contribution in [1.82, 2.24) is 20.3 Å². The van der Waals surface area contributed by atoms with Crippen LogP contribution >= 0.6 is 0 Å². The molecule has 0 aliphatic rings. The molecule has 0 saturated carbocycles. The fourth-order valence-corrected chi connectivity index (χ4v) is 1.49. The topological polar surface area (TPSA) is 97.1 Å². The third-order valence-electron chi connectivity index (χ3n) is 2.34. The molecule has 0 saturated heterocycles. The van der Waals surface area contributed by atoms with E-state index < -0.39 is 35.5 Å². The van der Waals surface area contributed by atoms with Crippen molar-refractivity contribution < 1.29 is 27.9 Å². The van der Waals surface area contributed by atoms with Crippen molar-refractivity contribution in [2.24, 2.45) is 0 Å². The third kappa shape index (κ3) is 3.25. The van der Waals surface area contributed by atoms with Crippen LogP contribution in [0.5, 0.6) is 0 Å². The molecule has 0 aliphatic heterocycles. The molecule has 0 bridgehead atoms. The number of amides is 1. The lowest BCUT2D eigenvalue weighted by Crippen LogP contribution is -2.37. The van der Waals surface area contributed by atoms with Gasteiger partial charge >= 0.3 is 12.1 Å². The summed E-state index contributed by atoms with van der Waals surface area (Å²) in [6.07, 6.45) is -4.98. The molecule has 1 atom stereocenters. The Bertz CT molecular complexity index is 524. The maximum Gasteiger partial charge on any atom is 0.435 e. The minimum atomic E-state index is -4.98. The summed E-state index contributed by atoms with van der Waals surface area (Å²) < 4.78 is 38.9. The predicted octanol–water partition coefficient (Wildman–Crippen LogP) is 1.08. The molecule has 1 rings (SSSR count). The van der Waals surface area contributed by atoms with E-state index >= 15 is 0 Å². The highest BCUT2D eigenvalue weighted by atomic mass is 19.4. The number of carboxylic acid groups (broad SMARTS) is 1. The van der Waals surface area contributed by atoms with Crippen LogP contribution in [0.1, 0.15) is 43.0 Å². The summed E-state index contributed by atoms with van der Waals surface area (Å²) in [5.41, 5.74) is -2.79. The van der Waals surface area contributed by atoms with Crippen LogP contribution in [0.25, 0.3) is 0 Å². The maximum atomic E-state index is 12.9. The van der Waals surface area contributed by atoms with Crippen LogP contribution in [-0.4, -0.2) is 38.0 Å². The van der Waals surface area contributed by atoms with Crippen LogP contribution in [0.2, 0.25) is 0 Å². The Labute approximate surface area is 111 Å². The molecular formula is C10H13F3N4O3. The maximum absolute atomic E-state index is 12.9. The van der Waals surface area contributed by atoms with E-state index in [-0.39, 0.29) is 10.7 Å². The average Bonchev–Trinajstić information content (AvgIpc) is 2.70. The lowest BCUT2D eigenvalue weighted by Gasteiger charge is -2.17. The number of halogens is 3. The number of carbonyl (C=O) groups excluding carboxylic acids is 1. The molecule has 7 nitrogen and oxygen atoms in total. The molecule has 10 heteroatoms. The van der Waals surface area contributed by atoms with Gasteiger partial charge in [-0.1, -0.05) is 5.21 Å². The molecule has 1 aromatic heterocycles. The van der Waals surface area contributed by atoms with Crippen LogP contribution in [0.4, 0.5) is 13.2 Å². The lowest BCUT2D eigenvalue weighted by atomic mass is 10.2. The summed E-state index contributed by atoms with van der Waals surface area (Å²) in [6.45, 7) is 4.45. The second-order valence-electron chi connectivity index (χ2n) is 4.37. The van der Waals surface area contributed by atoms with Gasteiger partial charge in [-0.2, -0.15) is 13.2 Å². The molecule has 1 heterocycles. The quantitative estimate of drug-likeness (QED) is 0.866. The van der Waals surface area contributed by atoms with Crippen LogP contribution in [0.3, 0.4) is 0 Å². The molecule has 1 aromatic rings. The van der Waals surface area contributed by atoms with Gasteiger partial charge in [0.25, 0.3) is 0 Å². The smallest absolute Gasteiger partial charge is 0.435 e. The number of aromatic carboxylic acids is 1. The Morgan fingerprint density at radius 3 is 2.25 bits per heavy atom. The first-order valence-electron chi connectivity index (χ1n) is 5.61. The zero-order valence-corrected chi connectivity index (χ0v) is 10.9. The number of rotatable bonds is 4. The van der Waals surface area contributed by atoms with E-state index in [4.69, 9.17) is 5.11 Å². The van der Waals surface area contributed by atoms with Crippen LogP contribution < -0.4 is 5.32 Å². The summed E-state index contributed by atoms with van der Waals surface area (Å²) in [4.78, 5) is 22.4. The molecule has 1 amide bonds. The minimum absolute atomic E-state index is 0.265. The highest BCUT2D eigenvalue weighted by Crippen LogP contribution is 2.32. The minimum Gasteiger partial charge on any atom is -0.476 e. The van der Waals surface area contributed by atoms with Crippen LogP contribution in [0.15, 0.2) is 0 Å². The van der Waals surface area contributed by atoms with E-state index in [9.17, 15) is 22.8 Å². The summed E-state index contributed by atoms with van der Waals surface area (Å²) in [6, 6.07) is -1.61. The van der Waals surface area contributed by atoms with Gasteiger partial charge in [-0.3, -0.25) is 4.79 Å². The molecule has 2 N–H and O–H groups in total. The summed E-state index contributed by atoms with van der Waals surface area (Å²) in [5, 5.41) is 17.2. The number of nitrogens with zero attached hydrogens (tertiary/aromatic N) is 3. The largest absolute Gasteiger partial charge is 0.476 e. The van der Waals surface area contributed by atoms with E-state index in [0.29, 0.717) is 0 Å². The molecular weight excluding hydrogens is 281 g/mol. The number of nitrogens with one attached hydrogen (secondary N) is 1. The molecule has 112 valence electrons. The monoisotopic (exact) mass is 294 g/mol. The van der Waals surface area contributed by atoms with Gasteiger partial charge in [-0.25, -0.2) is 9.48 Å². The Hall–Kier alpha value is -2.13. The molecule has 0 aromatic carbocycles. The number of hydrogen-bond donors (Lipinski definition) is 2. The van der Waals surface area contributed by atoms with Crippen LogP contribution in [0, 0.1) is 0 Å². The van der Waals surface area contributed by atoms with E-state index in [1.807, 2.05) is 0 Å². The molecule has 1 unspecified atom stereocenters. The van der Waals surface area contributed by atoms with Gasteiger partial charge in [0.2, 0.25) is 11.6 Å². The number of alkyl halides is 3. The van der Waals surface area contributed by atoms with Gasteiger partial charge < -0.3 is 10.4 Å². The predicted molar refractivity (Wildman–Crippen MR) is 60.0 cm³/mol. The lowest BCUT2D eigenvalue weighted by molar-refractivity contribution is -0.146. The van der Waals surface area contributed by atoms with E-state index in [1.54, 1.807) is 13.8 Å². The van der Waals surface area contributed by atoms with Crippen LogP contribution in [-0.2, 0) is 11.0 Å². The molecule has 0 spiro atoms. The number of aromatic nitrogens is 3. The SMILES string of the molecule is CC(C)NC(=O)C(C)n1nnc(C(=O)O)c1C(F)(F)F. The van der Waals surface area contributed by atoms with Crippen molar-refractivity contribution in [1.29, 1.82) is 0 Å². The second kappa shape index (κ2) is 5.47. The highest BCUT2D eigenvalue weighted by molar-refractivity contribution is 5.87. The van der Waals surface area contributed by atoms with Gasteiger partial charge in [0.15, 0.2) is 5.69 Å². The number of carbonyl (C=O) groups is 2. The second-order valence-corrected chi connectivity index (χ2v) is 4.37. The van der Waals surface area contributed by atoms with E-state index in [1.165, 1.54) is 6.92 Å². The summed E-state index contributed by atoms with van der Waals surface area (Å²) in [7, 11) is 0. The normalized spacial score (nSPS) is 13.3. The summed E-state index contributed by atoms with van der Waals surface area (Å²) >= 11 is 0. The Balaban J connectivity index is 3.25. The third-order valence-corrected chi connectivity index (χ3v) is 2.34. The summed E-state index contributed by atoms with van der Waals surface area (Å²) in [5.74, 6) is -2.58. The van der Waals surface area contributed by atoms with Crippen molar-refractivity contribution in [2.45, 2.75) is 39.0 Å². The van der Waals surface area contributed by atoms with Crippen molar-refractivity contribution in [3.63, 3.8) is 0 Å². The number of hydrogen-bond acceptors (Lipinski definition) is 4. The van der Waals surface area contributed by atoms with Crippen molar-refractivity contribution in [3.05, 3.63) is 11.4 Å². The molecule has 0 aliphatic carbocycles. The average molecular weight is 294 g/mol.